The van der Waals surface area contributed by atoms with Crippen LogP contribution in [0, 0.1) is 17.5 Å². The molecule has 0 spiro atoms. The average molecular weight is 274 g/mol. The van der Waals surface area contributed by atoms with E-state index in [9.17, 15) is 23.1 Å². The third-order valence-corrected chi connectivity index (χ3v) is 3.03. The van der Waals surface area contributed by atoms with Gasteiger partial charge < -0.3 is 15.7 Å². The summed E-state index contributed by atoms with van der Waals surface area (Å²) in [5.74, 6) is -4.65. The Morgan fingerprint density at radius 1 is 1.37 bits per heavy atom. The third kappa shape index (κ3) is 3.05. The molecule has 4 nitrogen and oxygen atoms in total. The van der Waals surface area contributed by atoms with Gasteiger partial charge in [0.1, 0.15) is 23.0 Å². The maximum absolute atomic E-state index is 13.3. The van der Waals surface area contributed by atoms with Crippen molar-refractivity contribution in [2.75, 3.05) is 19.6 Å². The Balaban J connectivity index is 2.08. The molecule has 1 aliphatic rings. The Morgan fingerprint density at radius 3 is 2.53 bits per heavy atom. The van der Waals surface area contributed by atoms with E-state index in [-0.39, 0.29) is 6.54 Å². The molecule has 7 heteroatoms. The molecule has 19 heavy (non-hydrogen) atoms. The van der Waals surface area contributed by atoms with Crippen molar-refractivity contribution >= 4 is 5.91 Å². The number of hydrogen-bond donors (Lipinski definition) is 3. The van der Waals surface area contributed by atoms with Crippen LogP contribution in [0.25, 0.3) is 0 Å². The molecule has 0 bridgehead atoms. The summed E-state index contributed by atoms with van der Waals surface area (Å²) in [6.07, 6.45) is 0.432. The van der Waals surface area contributed by atoms with Crippen molar-refractivity contribution in [1.29, 1.82) is 0 Å². The quantitative estimate of drug-likeness (QED) is 0.754. The van der Waals surface area contributed by atoms with Crippen LogP contribution in [0.1, 0.15) is 16.8 Å². The van der Waals surface area contributed by atoms with Crippen LogP contribution in [0.2, 0.25) is 0 Å². The van der Waals surface area contributed by atoms with Crippen LogP contribution < -0.4 is 10.6 Å². The first-order valence-electron chi connectivity index (χ1n) is 5.77. The molecular formula is C12H13F3N2O2. The van der Waals surface area contributed by atoms with E-state index in [0.29, 0.717) is 31.6 Å². The number of amides is 1. The van der Waals surface area contributed by atoms with Gasteiger partial charge in [-0.1, -0.05) is 0 Å². The van der Waals surface area contributed by atoms with Gasteiger partial charge in [0.15, 0.2) is 0 Å². The summed E-state index contributed by atoms with van der Waals surface area (Å²) >= 11 is 0. The van der Waals surface area contributed by atoms with Gasteiger partial charge in [0.2, 0.25) is 0 Å². The first-order valence-corrected chi connectivity index (χ1v) is 5.77. The molecule has 1 amide bonds. The molecule has 2 rings (SSSR count). The molecule has 1 heterocycles. The normalized spacial score (nSPS) is 22.5. The highest BCUT2D eigenvalue weighted by Crippen LogP contribution is 2.16. The van der Waals surface area contributed by atoms with Crippen LogP contribution >= 0.6 is 0 Å². The lowest BCUT2D eigenvalue weighted by Gasteiger charge is -2.21. The van der Waals surface area contributed by atoms with Gasteiger partial charge >= 0.3 is 0 Å². The predicted octanol–water partition coefficient (Wildman–Crippen LogP) is 0.558. The van der Waals surface area contributed by atoms with Crippen LogP contribution in [0.3, 0.4) is 0 Å². The van der Waals surface area contributed by atoms with Crippen molar-refractivity contribution in [2.24, 2.45) is 0 Å². The summed E-state index contributed by atoms with van der Waals surface area (Å²) in [7, 11) is 0. The average Bonchev–Trinajstić information content (AvgIpc) is 2.73. The number of carbonyl (C=O) groups excluding carboxylic acids is 1. The topological polar surface area (TPSA) is 61.4 Å². The third-order valence-electron chi connectivity index (χ3n) is 3.03. The Labute approximate surface area is 107 Å². The highest BCUT2D eigenvalue weighted by molar-refractivity contribution is 5.94. The summed E-state index contributed by atoms with van der Waals surface area (Å²) in [4.78, 5) is 11.7. The minimum atomic E-state index is -1.27. The minimum absolute atomic E-state index is 0.130. The monoisotopic (exact) mass is 274 g/mol. The molecule has 0 aromatic heterocycles. The van der Waals surface area contributed by atoms with E-state index in [4.69, 9.17) is 0 Å². The Morgan fingerprint density at radius 2 is 2.00 bits per heavy atom. The summed E-state index contributed by atoms with van der Waals surface area (Å²) < 4.78 is 39.4. The fourth-order valence-electron chi connectivity index (χ4n) is 1.97. The second kappa shape index (κ2) is 5.18. The second-order valence-electron chi connectivity index (χ2n) is 4.58. The van der Waals surface area contributed by atoms with Crippen LogP contribution in [-0.2, 0) is 0 Å². The van der Waals surface area contributed by atoms with Crippen molar-refractivity contribution in [2.45, 2.75) is 12.0 Å². The lowest BCUT2D eigenvalue weighted by atomic mass is 10.0. The number of benzene rings is 1. The standard InChI is InChI=1S/C12H13F3N2O2/c13-7-3-8(14)10(9(15)4-7)11(18)17-6-12(19)1-2-16-5-12/h3-4,16,19H,1-2,5-6H2,(H,17,18). The van der Waals surface area contributed by atoms with Crippen LogP contribution in [0.15, 0.2) is 12.1 Å². The SMILES string of the molecule is O=C(NCC1(O)CCNC1)c1c(F)cc(F)cc1F. The van der Waals surface area contributed by atoms with E-state index in [1.165, 1.54) is 0 Å². The van der Waals surface area contributed by atoms with Gasteiger partial charge in [-0.25, -0.2) is 13.2 Å². The van der Waals surface area contributed by atoms with Gasteiger partial charge in [0.05, 0.1) is 5.60 Å². The fourth-order valence-corrected chi connectivity index (χ4v) is 1.97. The van der Waals surface area contributed by atoms with E-state index >= 15 is 0 Å². The highest BCUT2D eigenvalue weighted by Gasteiger charge is 2.32. The first-order chi connectivity index (χ1) is 8.91. The van der Waals surface area contributed by atoms with Gasteiger partial charge in [-0.2, -0.15) is 0 Å². The van der Waals surface area contributed by atoms with Gasteiger partial charge in [0.25, 0.3) is 5.91 Å². The molecule has 0 saturated carbocycles. The van der Waals surface area contributed by atoms with E-state index in [1.54, 1.807) is 0 Å². The summed E-state index contributed by atoms with van der Waals surface area (Å²) in [6.45, 7) is 0.766. The van der Waals surface area contributed by atoms with Crippen LogP contribution in [0.5, 0.6) is 0 Å². The molecule has 0 aliphatic carbocycles. The van der Waals surface area contributed by atoms with Crippen molar-refractivity contribution < 1.29 is 23.1 Å². The Bertz CT molecular complexity index is 479. The highest BCUT2D eigenvalue weighted by atomic mass is 19.1. The number of β-amino-alcohol motifs (C(OH)–C–C–N with tert-alkyl or cyclic N) is 1. The van der Waals surface area contributed by atoms with Gasteiger partial charge in [-0.3, -0.25) is 4.79 Å². The number of hydrogen-bond acceptors (Lipinski definition) is 3. The van der Waals surface area contributed by atoms with Crippen molar-refractivity contribution in [3.63, 3.8) is 0 Å². The fraction of sp³-hybridized carbons (Fsp3) is 0.417. The molecule has 1 aromatic rings. The molecule has 1 aromatic carbocycles. The molecule has 1 fully saturated rings. The summed E-state index contributed by atoms with van der Waals surface area (Å²) in [6, 6.07) is 0.869. The van der Waals surface area contributed by atoms with Gasteiger partial charge in [0, 0.05) is 25.2 Å². The molecule has 3 N–H and O–H groups in total. The van der Waals surface area contributed by atoms with E-state index in [1.807, 2.05) is 0 Å². The van der Waals surface area contributed by atoms with E-state index in [0.717, 1.165) is 0 Å². The zero-order valence-electron chi connectivity index (χ0n) is 9.97. The maximum Gasteiger partial charge on any atom is 0.257 e. The number of carbonyl (C=O) groups is 1. The lowest BCUT2D eigenvalue weighted by Crippen LogP contribution is -2.44. The first kappa shape index (κ1) is 13.8. The smallest absolute Gasteiger partial charge is 0.257 e. The molecular weight excluding hydrogens is 261 g/mol. The number of aliphatic hydroxyl groups is 1. The van der Waals surface area contributed by atoms with Crippen molar-refractivity contribution in [3.8, 4) is 0 Å². The number of nitrogens with one attached hydrogen (secondary N) is 2. The number of rotatable bonds is 3. The maximum atomic E-state index is 13.3. The molecule has 1 aliphatic heterocycles. The second-order valence-corrected chi connectivity index (χ2v) is 4.58. The Hall–Kier alpha value is -1.60. The van der Waals surface area contributed by atoms with Crippen LogP contribution in [0.4, 0.5) is 13.2 Å². The van der Waals surface area contributed by atoms with E-state index in [2.05, 4.69) is 10.6 Å². The van der Waals surface area contributed by atoms with Crippen molar-refractivity contribution in [1.82, 2.24) is 10.6 Å². The zero-order valence-corrected chi connectivity index (χ0v) is 9.97. The van der Waals surface area contributed by atoms with Gasteiger partial charge in [-0.15, -0.1) is 0 Å². The Kier molecular flexibility index (Phi) is 3.77. The van der Waals surface area contributed by atoms with Crippen molar-refractivity contribution in [3.05, 3.63) is 35.1 Å². The molecule has 1 atom stereocenters. The predicted molar refractivity (Wildman–Crippen MR) is 61.1 cm³/mol. The zero-order chi connectivity index (χ0) is 14.0. The summed E-state index contributed by atoms with van der Waals surface area (Å²) in [5.41, 5.74) is -1.97. The van der Waals surface area contributed by atoms with Gasteiger partial charge in [-0.05, 0) is 13.0 Å². The lowest BCUT2D eigenvalue weighted by molar-refractivity contribution is 0.0559. The molecule has 0 radical (unpaired) electrons. The van der Waals surface area contributed by atoms with E-state index < -0.39 is 34.5 Å². The molecule has 1 saturated heterocycles. The largest absolute Gasteiger partial charge is 0.387 e. The van der Waals surface area contributed by atoms with Crippen LogP contribution in [-0.4, -0.2) is 36.2 Å². The number of halogens is 3. The summed E-state index contributed by atoms with van der Waals surface area (Å²) in [5, 5.41) is 15.1. The molecule has 104 valence electrons. The minimum Gasteiger partial charge on any atom is -0.387 e. The molecule has 1 unspecified atom stereocenters.